The fourth-order valence-electron chi connectivity index (χ4n) is 6.71. The predicted octanol–water partition coefficient (Wildman–Crippen LogP) is 4.14. The number of rotatable bonds is 37. The van der Waals surface area contributed by atoms with Gasteiger partial charge in [0.15, 0.2) is 12.2 Å². The summed E-state index contributed by atoms with van der Waals surface area (Å²) in [5.41, 5.74) is 7.87. The van der Waals surface area contributed by atoms with Gasteiger partial charge in [0, 0.05) is 12.8 Å². The zero-order chi connectivity index (χ0) is 32.4. The monoisotopic (exact) mass is 631 g/mol. The number of aliphatic hydroxyl groups excluding tert-OH is 2. The van der Waals surface area contributed by atoms with Crippen molar-refractivity contribution in [3.05, 3.63) is 0 Å². The number of unbranched alkanes of at least 4 members (excludes halogenated alkanes) is 23. The van der Waals surface area contributed by atoms with Gasteiger partial charge in [0.2, 0.25) is 0 Å². The van der Waals surface area contributed by atoms with Gasteiger partial charge in [-0.2, -0.15) is 0 Å². The molecule has 0 heterocycles. The molecule has 0 aliphatic carbocycles. The summed E-state index contributed by atoms with van der Waals surface area (Å²) in [5.74, 6) is 0. The quantitative estimate of drug-likeness (QED) is 0.0581. The lowest BCUT2D eigenvalue weighted by atomic mass is 10.1. The lowest BCUT2D eigenvalue weighted by molar-refractivity contribution is -0.910. The molecule has 0 rings (SSSR count). The van der Waals surface area contributed by atoms with E-state index >= 15 is 0 Å². The number of aliphatic hydroxyl groups is 2. The third-order valence-electron chi connectivity index (χ3n) is 9.79. The predicted molar refractivity (Wildman–Crippen MR) is 190 cm³/mol. The number of hydrogen-bond donors (Lipinski definition) is 6. The maximum absolute atomic E-state index is 10.3. The molecule has 0 aromatic heterocycles. The van der Waals surface area contributed by atoms with Crippen molar-refractivity contribution in [2.75, 3.05) is 52.4 Å². The van der Waals surface area contributed by atoms with Gasteiger partial charge in [0.25, 0.3) is 0 Å². The summed E-state index contributed by atoms with van der Waals surface area (Å²) in [7, 11) is 0. The summed E-state index contributed by atoms with van der Waals surface area (Å²) >= 11 is 0. The van der Waals surface area contributed by atoms with E-state index in [1.807, 2.05) is 0 Å². The molecule has 0 amide bonds. The molecule has 4 atom stereocenters. The highest BCUT2D eigenvalue weighted by Gasteiger charge is 2.17. The Balaban J connectivity index is 4.11. The van der Waals surface area contributed by atoms with E-state index in [1.54, 1.807) is 9.80 Å². The minimum atomic E-state index is -0.276. The highest BCUT2D eigenvalue weighted by atomic mass is 16.3. The molecule has 44 heavy (non-hydrogen) atoms. The van der Waals surface area contributed by atoms with Gasteiger partial charge in [0.05, 0.1) is 26.2 Å². The topological polar surface area (TPSA) is 105 Å². The Bertz CT molecular complexity index is 493. The van der Waals surface area contributed by atoms with E-state index in [4.69, 9.17) is 0 Å². The summed E-state index contributed by atoms with van der Waals surface area (Å²) < 4.78 is 0. The number of quaternary nitrogens is 4. The molecule has 10 N–H and O–H groups in total. The summed E-state index contributed by atoms with van der Waals surface area (Å²) in [5, 5.41) is 20.6. The minimum absolute atomic E-state index is 0.276. The van der Waals surface area contributed by atoms with Crippen LogP contribution in [-0.4, -0.2) is 74.8 Å². The standard InChI is InChI=1S/C38H82N4O2/c1-3-5-7-9-11-13-15-17-19-21-23-25-29-41(35-37(43)33-39)31-27-28-32-42(36-38(44)34-40)30-26-24-22-20-18-16-14-12-10-8-6-4-2/h37-38,43-44H,3-36,39-40H2,1-2H3/p+4. The second-order valence-electron chi connectivity index (χ2n) is 14.3. The fourth-order valence-corrected chi connectivity index (χ4v) is 6.71. The van der Waals surface area contributed by atoms with E-state index in [9.17, 15) is 10.2 Å². The van der Waals surface area contributed by atoms with Gasteiger partial charge in [-0.3, -0.25) is 0 Å². The van der Waals surface area contributed by atoms with Crippen molar-refractivity contribution in [1.29, 1.82) is 0 Å². The first-order valence-corrected chi connectivity index (χ1v) is 20.2. The molecule has 0 bridgehead atoms. The minimum Gasteiger partial charge on any atom is -0.382 e. The van der Waals surface area contributed by atoms with Crippen molar-refractivity contribution in [2.24, 2.45) is 0 Å². The largest absolute Gasteiger partial charge is 0.382 e. The van der Waals surface area contributed by atoms with E-state index in [1.165, 1.54) is 180 Å². The van der Waals surface area contributed by atoms with E-state index in [-0.39, 0.29) is 12.2 Å². The second kappa shape index (κ2) is 35.6. The van der Waals surface area contributed by atoms with E-state index in [0.717, 1.165) is 26.2 Å². The SMILES string of the molecule is CCCCCCCCCCCCCC[NH+](CCCC[NH+](CCCCCCCCCCCCCC)CC(O)C[NH3+])CC(O)C[NH3+]. The van der Waals surface area contributed by atoms with Crippen LogP contribution in [0, 0.1) is 0 Å². The Morgan fingerprint density at radius 1 is 0.364 bits per heavy atom. The van der Waals surface area contributed by atoms with Crippen LogP contribution < -0.4 is 21.3 Å². The van der Waals surface area contributed by atoms with Crippen LogP contribution in [0.4, 0.5) is 0 Å². The van der Waals surface area contributed by atoms with Crippen LogP contribution in [0.25, 0.3) is 0 Å². The van der Waals surface area contributed by atoms with Gasteiger partial charge >= 0.3 is 0 Å². The van der Waals surface area contributed by atoms with Crippen molar-refractivity contribution in [1.82, 2.24) is 0 Å². The molecule has 6 nitrogen and oxygen atoms in total. The Kier molecular flexibility index (Phi) is 35.4. The highest BCUT2D eigenvalue weighted by molar-refractivity contribution is 4.53. The third kappa shape index (κ3) is 31.7. The van der Waals surface area contributed by atoms with Crippen LogP contribution >= 0.6 is 0 Å². The summed E-state index contributed by atoms with van der Waals surface area (Å²) in [6.45, 7) is 12.2. The molecule has 0 aromatic rings. The van der Waals surface area contributed by atoms with Gasteiger partial charge < -0.3 is 31.5 Å². The Morgan fingerprint density at radius 3 is 0.795 bits per heavy atom. The molecule has 0 aliphatic heterocycles. The van der Waals surface area contributed by atoms with E-state index in [2.05, 4.69) is 25.3 Å². The van der Waals surface area contributed by atoms with Gasteiger partial charge in [-0.05, 0) is 25.7 Å². The van der Waals surface area contributed by atoms with Gasteiger partial charge in [-0.1, -0.05) is 142 Å². The molecule has 0 aromatic carbocycles. The molecule has 0 fully saturated rings. The second-order valence-corrected chi connectivity index (χ2v) is 14.3. The summed E-state index contributed by atoms with van der Waals surface area (Å²) in [6, 6.07) is 0. The van der Waals surface area contributed by atoms with Crippen LogP contribution in [-0.2, 0) is 0 Å². The molecule has 0 saturated carbocycles. The van der Waals surface area contributed by atoms with Crippen molar-refractivity contribution in [2.45, 2.75) is 193 Å². The maximum atomic E-state index is 10.3. The number of nitrogens with one attached hydrogen (secondary N) is 2. The van der Waals surface area contributed by atoms with Gasteiger partial charge in [-0.15, -0.1) is 0 Å². The average Bonchev–Trinajstić information content (AvgIpc) is 3.03. The fraction of sp³-hybridized carbons (Fsp3) is 1.00. The van der Waals surface area contributed by atoms with Crippen LogP contribution in [0.1, 0.15) is 181 Å². The van der Waals surface area contributed by atoms with Crippen LogP contribution in [0.15, 0.2) is 0 Å². The first kappa shape index (κ1) is 43.8. The Hall–Kier alpha value is -0.240. The molecule has 0 radical (unpaired) electrons. The van der Waals surface area contributed by atoms with Gasteiger partial charge in [0.1, 0.15) is 26.2 Å². The maximum Gasteiger partial charge on any atom is 0.151 e. The molecule has 0 spiro atoms. The highest BCUT2D eigenvalue weighted by Crippen LogP contribution is 2.12. The Morgan fingerprint density at radius 2 is 0.568 bits per heavy atom. The molecule has 6 heteroatoms. The molecule has 0 saturated heterocycles. The summed E-state index contributed by atoms with van der Waals surface area (Å²) in [6.07, 6.45) is 35.2. The van der Waals surface area contributed by atoms with E-state index in [0.29, 0.717) is 13.1 Å². The molecular formula is C38H86N4O2+4. The zero-order valence-electron chi connectivity index (χ0n) is 30.5. The van der Waals surface area contributed by atoms with Crippen molar-refractivity contribution in [3.63, 3.8) is 0 Å². The van der Waals surface area contributed by atoms with Crippen LogP contribution in [0.3, 0.4) is 0 Å². The number of hydrogen-bond acceptors (Lipinski definition) is 2. The molecule has 0 aliphatic rings. The van der Waals surface area contributed by atoms with Gasteiger partial charge in [-0.25, -0.2) is 0 Å². The van der Waals surface area contributed by atoms with Crippen molar-refractivity contribution < 1.29 is 31.5 Å². The lowest BCUT2D eigenvalue weighted by Crippen LogP contribution is -3.14. The third-order valence-corrected chi connectivity index (χ3v) is 9.79. The van der Waals surface area contributed by atoms with Crippen molar-refractivity contribution in [3.8, 4) is 0 Å². The Labute approximate surface area is 276 Å². The summed E-state index contributed by atoms with van der Waals surface area (Å²) in [4.78, 5) is 3.13. The normalized spacial score (nSPS) is 14.6. The first-order chi connectivity index (χ1) is 21.6. The van der Waals surface area contributed by atoms with Crippen LogP contribution in [0.2, 0.25) is 0 Å². The van der Waals surface area contributed by atoms with E-state index < -0.39 is 0 Å². The molecular weight excluding hydrogens is 544 g/mol. The van der Waals surface area contributed by atoms with Crippen LogP contribution in [0.5, 0.6) is 0 Å². The lowest BCUT2D eigenvalue weighted by Gasteiger charge is -2.23. The zero-order valence-corrected chi connectivity index (χ0v) is 30.5. The average molecular weight is 631 g/mol. The van der Waals surface area contributed by atoms with Crippen molar-refractivity contribution >= 4 is 0 Å². The smallest absolute Gasteiger partial charge is 0.151 e. The molecule has 4 unspecified atom stereocenters. The molecule has 266 valence electrons. The first-order valence-electron chi connectivity index (χ1n) is 20.2.